The van der Waals surface area contributed by atoms with Crippen LogP contribution in [0.15, 0.2) is 0 Å². The summed E-state index contributed by atoms with van der Waals surface area (Å²) in [7, 11) is -3.08. The van der Waals surface area contributed by atoms with Crippen molar-refractivity contribution in [3.8, 4) is 0 Å². The van der Waals surface area contributed by atoms with E-state index in [-0.39, 0.29) is 24.5 Å². The molecule has 6 nitrogen and oxygen atoms in total. The highest BCUT2D eigenvalue weighted by atomic mass is 32.2. The molecule has 0 spiro atoms. The molecule has 1 atom stereocenters. The predicted molar refractivity (Wildman–Crippen MR) is 63.3 cm³/mol. The van der Waals surface area contributed by atoms with Crippen LogP contribution in [0.5, 0.6) is 0 Å². The molecule has 0 unspecified atom stereocenters. The summed E-state index contributed by atoms with van der Waals surface area (Å²) in [5.74, 6) is -1.81. The normalized spacial score (nSPS) is 13.4. The number of carboxylic acids is 1. The third kappa shape index (κ3) is 7.73. The number of nitrogens with one attached hydrogen (secondary N) is 1. The quantitative estimate of drug-likeness (QED) is 0.676. The van der Waals surface area contributed by atoms with Crippen LogP contribution >= 0.6 is 0 Å². The van der Waals surface area contributed by atoms with E-state index in [9.17, 15) is 18.0 Å². The van der Waals surface area contributed by atoms with Gasteiger partial charge in [-0.2, -0.15) is 0 Å². The van der Waals surface area contributed by atoms with Crippen molar-refractivity contribution in [2.75, 3.05) is 12.0 Å². The zero-order valence-corrected chi connectivity index (χ0v) is 11.1. The number of carbonyl (C=O) groups excluding carboxylic acids is 1. The van der Waals surface area contributed by atoms with Gasteiger partial charge in [0.25, 0.3) is 0 Å². The third-order valence-corrected chi connectivity index (χ3v) is 3.20. The molecular weight excluding hydrogens is 246 g/mol. The average molecular weight is 265 g/mol. The van der Waals surface area contributed by atoms with Gasteiger partial charge in [0.1, 0.15) is 15.9 Å². The van der Waals surface area contributed by atoms with Crippen molar-refractivity contribution < 1.29 is 23.1 Å². The van der Waals surface area contributed by atoms with Crippen molar-refractivity contribution in [1.82, 2.24) is 5.32 Å². The molecule has 7 heteroatoms. The standard InChI is InChI=1S/C10H19NO5S/c1-7(2)9(10(13)14)11-8(12)5-4-6-17(3,15)16/h7,9H,4-6H2,1-3H3,(H,11,12)(H,13,14)/t9-/m0/s1. The van der Waals surface area contributed by atoms with Gasteiger partial charge in [-0.1, -0.05) is 13.8 Å². The number of aliphatic carboxylic acids is 1. The summed E-state index contributed by atoms with van der Waals surface area (Å²) in [5.41, 5.74) is 0. The fraction of sp³-hybridized carbons (Fsp3) is 0.800. The number of carboxylic acid groups (broad SMARTS) is 1. The molecule has 2 N–H and O–H groups in total. The lowest BCUT2D eigenvalue weighted by Crippen LogP contribution is -2.44. The summed E-state index contributed by atoms with van der Waals surface area (Å²) in [6, 6.07) is -0.930. The van der Waals surface area contributed by atoms with E-state index in [0.29, 0.717) is 0 Å². The summed E-state index contributed by atoms with van der Waals surface area (Å²) >= 11 is 0. The van der Waals surface area contributed by atoms with Crippen LogP contribution in [-0.2, 0) is 19.4 Å². The molecule has 0 aliphatic carbocycles. The van der Waals surface area contributed by atoms with Crippen LogP contribution in [0.4, 0.5) is 0 Å². The Labute approximate surface area is 101 Å². The van der Waals surface area contributed by atoms with Gasteiger partial charge in [0.2, 0.25) is 5.91 Å². The van der Waals surface area contributed by atoms with Gasteiger partial charge >= 0.3 is 5.97 Å². The van der Waals surface area contributed by atoms with E-state index in [2.05, 4.69) is 5.32 Å². The van der Waals surface area contributed by atoms with Gasteiger partial charge in [0.05, 0.1) is 5.75 Å². The first kappa shape index (κ1) is 15.9. The zero-order valence-electron chi connectivity index (χ0n) is 10.3. The van der Waals surface area contributed by atoms with E-state index in [1.165, 1.54) is 0 Å². The maximum absolute atomic E-state index is 11.4. The molecule has 0 aliphatic rings. The van der Waals surface area contributed by atoms with E-state index >= 15 is 0 Å². The Bertz CT molecular complexity index is 374. The van der Waals surface area contributed by atoms with Crippen molar-refractivity contribution in [2.45, 2.75) is 32.7 Å². The van der Waals surface area contributed by atoms with Crippen LogP contribution in [0.3, 0.4) is 0 Å². The highest BCUT2D eigenvalue weighted by molar-refractivity contribution is 7.90. The van der Waals surface area contributed by atoms with Gasteiger partial charge in [-0.05, 0) is 12.3 Å². The predicted octanol–water partition coefficient (Wildman–Crippen LogP) is 0.0366. The molecule has 0 aromatic heterocycles. The van der Waals surface area contributed by atoms with E-state index in [0.717, 1.165) is 6.26 Å². The molecule has 0 rings (SSSR count). The van der Waals surface area contributed by atoms with Crippen LogP contribution in [0, 0.1) is 5.92 Å². The number of sulfone groups is 1. The second-order valence-electron chi connectivity index (χ2n) is 4.36. The van der Waals surface area contributed by atoms with Gasteiger partial charge in [0, 0.05) is 12.7 Å². The molecule has 0 saturated carbocycles. The number of hydrogen-bond donors (Lipinski definition) is 2. The van der Waals surface area contributed by atoms with E-state index in [1.807, 2.05) is 0 Å². The number of carbonyl (C=O) groups is 2. The SMILES string of the molecule is CC(C)[C@H](NC(=O)CCCS(C)(=O)=O)C(=O)O. The lowest BCUT2D eigenvalue weighted by atomic mass is 10.0. The fourth-order valence-corrected chi connectivity index (χ4v) is 1.92. The van der Waals surface area contributed by atoms with Gasteiger partial charge in [-0.25, -0.2) is 13.2 Å². The Balaban J connectivity index is 4.13. The summed E-state index contributed by atoms with van der Waals surface area (Å²) in [5, 5.41) is 11.2. The maximum Gasteiger partial charge on any atom is 0.326 e. The molecule has 0 aromatic carbocycles. The maximum atomic E-state index is 11.4. The van der Waals surface area contributed by atoms with Crippen LogP contribution < -0.4 is 5.32 Å². The molecule has 0 saturated heterocycles. The average Bonchev–Trinajstić information content (AvgIpc) is 2.10. The van der Waals surface area contributed by atoms with Crippen LogP contribution in [-0.4, -0.2) is 43.5 Å². The largest absolute Gasteiger partial charge is 0.480 e. The molecule has 17 heavy (non-hydrogen) atoms. The van der Waals surface area contributed by atoms with Crippen molar-refractivity contribution in [1.29, 1.82) is 0 Å². The Hall–Kier alpha value is -1.11. The van der Waals surface area contributed by atoms with Crippen molar-refractivity contribution >= 4 is 21.7 Å². The third-order valence-electron chi connectivity index (χ3n) is 2.17. The molecule has 1 amide bonds. The van der Waals surface area contributed by atoms with E-state index < -0.39 is 27.8 Å². The topological polar surface area (TPSA) is 101 Å². The van der Waals surface area contributed by atoms with Gasteiger partial charge in [0.15, 0.2) is 0 Å². The van der Waals surface area contributed by atoms with Crippen molar-refractivity contribution in [2.24, 2.45) is 5.92 Å². The van der Waals surface area contributed by atoms with Crippen LogP contribution in [0.1, 0.15) is 26.7 Å². The minimum Gasteiger partial charge on any atom is -0.480 e. The lowest BCUT2D eigenvalue weighted by molar-refractivity contribution is -0.143. The molecule has 0 aliphatic heterocycles. The number of rotatable bonds is 7. The zero-order chi connectivity index (χ0) is 13.6. The smallest absolute Gasteiger partial charge is 0.326 e. The molecule has 0 bridgehead atoms. The minimum absolute atomic E-state index is 0.0174. The number of amides is 1. The van der Waals surface area contributed by atoms with Gasteiger partial charge in [-0.15, -0.1) is 0 Å². The lowest BCUT2D eigenvalue weighted by Gasteiger charge is -2.17. The molecule has 0 aromatic rings. The summed E-state index contributed by atoms with van der Waals surface area (Å²) in [6.07, 6.45) is 1.32. The molecule has 0 radical (unpaired) electrons. The van der Waals surface area contributed by atoms with Crippen LogP contribution in [0.2, 0.25) is 0 Å². The first-order chi connectivity index (χ1) is 7.63. The van der Waals surface area contributed by atoms with Crippen LogP contribution in [0.25, 0.3) is 0 Å². The highest BCUT2D eigenvalue weighted by Crippen LogP contribution is 2.03. The van der Waals surface area contributed by atoms with Crippen molar-refractivity contribution in [3.05, 3.63) is 0 Å². The number of hydrogen-bond acceptors (Lipinski definition) is 4. The van der Waals surface area contributed by atoms with Crippen molar-refractivity contribution in [3.63, 3.8) is 0 Å². The summed E-state index contributed by atoms with van der Waals surface area (Å²) < 4.78 is 21.7. The summed E-state index contributed by atoms with van der Waals surface area (Å²) in [4.78, 5) is 22.2. The Morgan fingerprint density at radius 1 is 1.29 bits per heavy atom. The van der Waals surface area contributed by atoms with E-state index in [4.69, 9.17) is 5.11 Å². The Kier molecular flexibility index (Phi) is 6.15. The molecule has 0 fully saturated rings. The monoisotopic (exact) mass is 265 g/mol. The highest BCUT2D eigenvalue weighted by Gasteiger charge is 2.23. The first-order valence-corrected chi connectivity index (χ1v) is 7.39. The molecular formula is C10H19NO5S. The second kappa shape index (κ2) is 6.58. The Morgan fingerprint density at radius 3 is 2.18 bits per heavy atom. The minimum atomic E-state index is -3.08. The molecule has 100 valence electrons. The summed E-state index contributed by atoms with van der Waals surface area (Å²) in [6.45, 7) is 3.38. The first-order valence-electron chi connectivity index (χ1n) is 5.33. The molecule has 0 heterocycles. The van der Waals surface area contributed by atoms with Gasteiger partial charge in [-0.3, -0.25) is 4.79 Å². The van der Waals surface area contributed by atoms with Gasteiger partial charge < -0.3 is 10.4 Å². The van der Waals surface area contributed by atoms with E-state index in [1.54, 1.807) is 13.8 Å². The fourth-order valence-electron chi connectivity index (χ4n) is 1.25. The Morgan fingerprint density at radius 2 is 1.82 bits per heavy atom. The second-order valence-corrected chi connectivity index (χ2v) is 6.62.